The van der Waals surface area contributed by atoms with Crippen LogP contribution >= 0.6 is 27.3 Å². The maximum Gasteiger partial charge on any atom is 0.177 e. The molecule has 1 aromatic carbocycles. The second-order valence-corrected chi connectivity index (χ2v) is 8.19. The highest BCUT2D eigenvalue weighted by Gasteiger charge is 2.25. The van der Waals surface area contributed by atoms with E-state index in [-0.39, 0.29) is 5.78 Å². The molecule has 114 valence electrons. The average molecular weight is 376 g/mol. The third-order valence-corrected chi connectivity index (χ3v) is 5.51. The number of ketones is 1. The molecule has 0 N–H and O–H groups in total. The Balaban J connectivity index is 2.13. The Morgan fingerprint density at radius 1 is 1.27 bits per heavy atom. The standard InChI is InChI=1S/C18H18BrNOS/c1-20(2)9-5-8-14-13-7-4-3-6-12(13)10-16(21)18-15(14)11-17(19)22-18/h3-4,6-8,11H,5,9-10H2,1-2H3/b14-8-. The molecule has 0 spiro atoms. The van der Waals surface area contributed by atoms with Gasteiger partial charge in [-0.1, -0.05) is 30.3 Å². The molecular weight excluding hydrogens is 358 g/mol. The van der Waals surface area contributed by atoms with Gasteiger partial charge in [0.1, 0.15) is 0 Å². The molecule has 1 heterocycles. The van der Waals surface area contributed by atoms with Crippen LogP contribution in [0.1, 0.15) is 32.8 Å². The quantitative estimate of drug-likeness (QED) is 0.778. The third kappa shape index (κ3) is 3.09. The highest BCUT2D eigenvalue weighted by molar-refractivity contribution is 9.11. The van der Waals surface area contributed by atoms with E-state index in [9.17, 15) is 4.79 Å². The van der Waals surface area contributed by atoms with Gasteiger partial charge in [0.15, 0.2) is 5.78 Å². The number of hydrogen-bond donors (Lipinski definition) is 0. The zero-order valence-electron chi connectivity index (χ0n) is 12.7. The smallest absolute Gasteiger partial charge is 0.177 e. The van der Waals surface area contributed by atoms with E-state index in [1.54, 1.807) is 11.3 Å². The van der Waals surface area contributed by atoms with Crippen LogP contribution in [0.4, 0.5) is 0 Å². The maximum absolute atomic E-state index is 12.6. The van der Waals surface area contributed by atoms with Crippen LogP contribution < -0.4 is 0 Å². The van der Waals surface area contributed by atoms with E-state index in [2.05, 4.69) is 65.3 Å². The number of nitrogens with zero attached hydrogens (tertiary/aromatic N) is 1. The van der Waals surface area contributed by atoms with Gasteiger partial charge < -0.3 is 4.90 Å². The van der Waals surface area contributed by atoms with Crippen molar-refractivity contribution in [1.29, 1.82) is 0 Å². The van der Waals surface area contributed by atoms with Crippen LogP contribution in [0.15, 0.2) is 40.2 Å². The van der Waals surface area contributed by atoms with Crippen molar-refractivity contribution in [2.24, 2.45) is 0 Å². The fraction of sp³-hybridized carbons (Fsp3) is 0.278. The molecule has 0 amide bonds. The van der Waals surface area contributed by atoms with Crippen LogP contribution in [0.3, 0.4) is 0 Å². The monoisotopic (exact) mass is 375 g/mol. The molecule has 0 aliphatic heterocycles. The summed E-state index contributed by atoms with van der Waals surface area (Å²) in [4.78, 5) is 15.6. The van der Waals surface area contributed by atoms with Crippen LogP contribution in [0.2, 0.25) is 0 Å². The summed E-state index contributed by atoms with van der Waals surface area (Å²) in [7, 11) is 4.16. The first-order valence-corrected chi connectivity index (χ1v) is 8.93. The van der Waals surface area contributed by atoms with Crippen molar-refractivity contribution in [3.63, 3.8) is 0 Å². The molecule has 0 bridgehead atoms. The van der Waals surface area contributed by atoms with Crippen molar-refractivity contribution in [2.45, 2.75) is 12.8 Å². The predicted octanol–water partition coefficient (Wildman–Crippen LogP) is 4.63. The Kier molecular flexibility index (Phi) is 4.62. The van der Waals surface area contributed by atoms with Gasteiger partial charge >= 0.3 is 0 Å². The highest BCUT2D eigenvalue weighted by atomic mass is 79.9. The number of carbonyl (C=O) groups excluding carboxylic acids is 1. The number of halogens is 1. The van der Waals surface area contributed by atoms with Gasteiger partial charge in [-0.05, 0) is 59.2 Å². The molecule has 1 aliphatic carbocycles. The predicted molar refractivity (Wildman–Crippen MR) is 96.7 cm³/mol. The lowest BCUT2D eigenvalue weighted by Crippen LogP contribution is -2.12. The molecule has 0 atom stereocenters. The first kappa shape index (κ1) is 15.7. The van der Waals surface area contributed by atoms with Crippen molar-refractivity contribution in [2.75, 3.05) is 20.6 Å². The fourth-order valence-electron chi connectivity index (χ4n) is 2.79. The summed E-state index contributed by atoms with van der Waals surface area (Å²) in [6.45, 7) is 1.00. The summed E-state index contributed by atoms with van der Waals surface area (Å²) in [6.07, 6.45) is 3.73. The average Bonchev–Trinajstić information content (AvgIpc) is 2.82. The summed E-state index contributed by atoms with van der Waals surface area (Å²) >= 11 is 5.08. The minimum absolute atomic E-state index is 0.217. The van der Waals surface area contributed by atoms with Crippen LogP contribution in [0.5, 0.6) is 0 Å². The van der Waals surface area contributed by atoms with Crippen molar-refractivity contribution < 1.29 is 4.79 Å². The van der Waals surface area contributed by atoms with E-state index in [1.165, 1.54) is 11.1 Å². The SMILES string of the molecule is CN(C)CC/C=C1/c2ccccc2CC(=O)c2sc(Br)cc21. The maximum atomic E-state index is 12.6. The van der Waals surface area contributed by atoms with Crippen LogP contribution in [-0.2, 0) is 6.42 Å². The van der Waals surface area contributed by atoms with Gasteiger partial charge in [-0.2, -0.15) is 0 Å². The fourth-order valence-corrected chi connectivity index (χ4v) is 4.34. The molecule has 0 unspecified atom stereocenters. The second kappa shape index (κ2) is 6.49. The normalized spacial score (nSPS) is 15.8. The Labute approximate surface area is 143 Å². The number of benzene rings is 1. The molecule has 1 aliphatic rings. The van der Waals surface area contributed by atoms with Crippen molar-refractivity contribution in [3.8, 4) is 0 Å². The lowest BCUT2D eigenvalue weighted by molar-refractivity contribution is 0.0997. The number of hydrogen-bond acceptors (Lipinski definition) is 3. The largest absolute Gasteiger partial charge is 0.309 e. The Hall–Kier alpha value is -1.23. The van der Waals surface area contributed by atoms with Gasteiger partial charge in [0, 0.05) is 18.5 Å². The summed E-state index contributed by atoms with van der Waals surface area (Å²) in [6, 6.07) is 10.3. The molecule has 0 radical (unpaired) electrons. The summed E-state index contributed by atoms with van der Waals surface area (Å²) in [5.41, 5.74) is 4.59. The molecule has 2 aromatic rings. The summed E-state index contributed by atoms with van der Waals surface area (Å²) < 4.78 is 1.02. The topological polar surface area (TPSA) is 20.3 Å². The molecule has 0 saturated carbocycles. The minimum atomic E-state index is 0.217. The van der Waals surface area contributed by atoms with Crippen LogP contribution in [0.25, 0.3) is 5.57 Å². The van der Waals surface area contributed by atoms with Crippen LogP contribution in [0, 0.1) is 0 Å². The lowest BCUT2D eigenvalue weighted by Gasteiger charge is -2.11. The van der Waals surface area contributed by atoms with Crippen molar-refractivity contribution >= 4 is 38.6 Å². The van der Waals surface area contributed by atoms with Gasteiger partial charge in [-0.25, -0.2) is 0 Å². The molecule has 4 heteroatoms. The van der Waals surface area contributed by atoms with Gasteiger partial charge in [-0.15, -0.1) is 11.3 Å². The Morgan fingerprint density at radius 3 is 2.82 bits per heavy atom. The van der Waals surface area contributed by atoms with Crippen molar-refractivity contribution in [3.05, 3.63) is 61.8 Å². The number of carbonyl (C=O) groups is 1. The number of fused-ring (bicyclic) bond motifs is 2. The molecule has 0 saturated heterocycles. The molecule has 1 aromatic heterocycles. The Morgan fingerprint density at radius 2 is 2.05 bits per heavy atom. The second-order valence-electron chi connectivity index (χ2n) is 5.76. The molecular formula is C18H18BrNOS. The third-order valence-electron chi connectivity index (χ3n) is 3.83. The highest BCUT2D eigenvalue weighted by Crippen LogP contribution is 2.39. The first-order chi connectivity index (χ1) is 10.6. The zero-order valence-corrected chi connectivity index (χ0v) is 15.1. The van der Waals surface area contributed by atoms with Gasteiger partial charge in [0.25, 0.3) is 0 Å². The van der Waals surface area contributed by atoms with Crippen molar-refractivity contribution in [1.82, 2.24) is 4.90 Å². The Bertz CT molecular complexity index is 745. The van der Waals surface area contributed by atoms with Gasteiger partial charge in [0.2, 0.25) is 0 Å². The lowest BCUT2D eigenvalue weighted by atomic mass is 9.95. The number of thiophene rings is 1. The van der Waals surface area contributed by atoms with E-state index in [1.807, 2.05) is 6.07 Å². The summed E-state index contributed by atoms with van der Waals surface area (Å²) in [5, 5.41) is 0. The summed E-state index contributed by atoms with van der Waals surface area (Å²) in [5.74, 6) is 0.217. The van der Waals surface area contributed by atoms with E-state index in [0.29, 0.717) is 6.42 Å². The number of rotatable bonds is 3. The van der Waals surface area contributed by atoms with E-state index in [0.717, 1.165) is 32.8 Å². The first-order valence-electron chi connectivity index (χ1n) is 7.32. The zero-order chi connectivity index (χ0) is 15.7. The molecule has 22 heavy (non-hydrogen) atoms. The number of Topliss-reactive ketones (excluding diaryl/α,β-unsaturated/α-hetero) is 1. The van der Waals surface area contributed by atoms with Gasteiger partial charge in [-0.3, -0.25) is 4.79 Å². The van der Waals surface area contributed by atoms with E-state index < -0.39 is 0 Å². The van der Waals surface area contributed by atoms with E-state index in [4.69, 9.17) is 0 Å². The molecule has 2 nitrogen and oxygen atoms in total. The minimum Gasteiger partial charge on any atom is -0.309 e. The van der Waals surface area contributed by atoms with Gasteiger partial charge in [0.05, 0.1) is 8.66 Å². The van der Waals surface area contributed by atoms with Crippen LogP contribution in [-0.4, -0.2) is 31.3 Å². The van der Waals surface area contributed by atoms with E-state index >= 15 is 0 Å². The molecule has 0 fully saturated rings. The molecule has 3 rings (SSSR count).